The summed E-state index contributed by atoms with van der Waals surface area (Å²) >= 11 is 0. The number of aliphatic hydroxyl groups excluding tert-OH is 1. The Labute approximate surface area is 206 Å². The van der Waals surface area contributed by atoms with E-state index in [-0.39, 0.29) is 88.7 Å². The Bertz CT molecular complexity index is 420. The van der Waals surface area contributed by atoms with E-state index in [1.165, 1.54) is 0 Å². The molecule has 0 atom stereocenters. The van der Waals surface area contributed by atoms with Crippen LogP contribution in [0.3, 0.4) is 0 Å². The third kappa shape index (κ3) is 253. The molecular formula is C5H9F4Na3O11S2. The molecule has 2 N–H and O–H groups in total. The zero-order valence-corrected chi connectivity index (χ0v) is 20.9. The predicted molar refractivity (Wildman–Crippen MR) is 55.1 cm³/mol. The second-order valence-corrected chi connectivity index (χ2v) is 4.49. The standard InChI is InChI=1S/2CH3FO3S.2CHFO2.CH4O.3Na/c2*2-1-6(3,4)5;2*2-1(3)4;1-2;;;/h2*1H2,(H,3,4,5);2*(H,3,4);2H,1H3;;;/q;;;;;3*+1/p-3. The van der Waals surface area contributed by atoms with Gasteiger partial charge in [0.25, 0.3) is 0 Å². The van der Waals surface area contributed by atoms with Crippen molar-refractivity contribution in [3.05, 3.63) is 0 Å². The Kier molecular flexibility index (Phi) is 66.5. The maximum atomic E-state index is 10.6. The molecule has 0 aromatic heterocycles. The molecule has 0 rings (SSSR count). The summed E-state index contributed by atoms with van der Waals surface area (Å²) in [5.74, 6) is 0. The third-order valence-corrected chi connectivity index (χ3v) is 0.802. The molecule has 0 saturated carbocycles. The van der Waals surface area contributed by atoms with Crippen LogP contribution in [0.4, 0.5) is 27.2 Å². The number of hydrogen-bond donors (Lipinski definition) is 2. The molecule has 0 saturated heterocycles. The summed E-state index contributed by atoms with van der Waals surface area (Å²) < 4.78 is 95.3. The van der Waals surface area contributed by atoms with Crippen LogP contribution in [0.25, 0.3) is 0 Å². The van der Waals surface area contributed by atoms with Gasteiger partial charge in [0, 0.05) is 7.11 Å². The van der Waals surface area contributed by atoms with E-state index in [0.717, 1.165) is 7.11 Å². The van der Waals surface area contributed by atoms with Gasteiger partial charge in [-0.15, -0.1) is 4.39 Å². The summed E-state index contributed by atoms with van der Waals surface area (Å²) in [5, 5.41) is 22.0. The van der Waals surface area contributed by atoms with Gasteiger partial charge in [-0.25, -0.2) is 30.4 Å². The van der Waals surface area contributed by atoms with E-state index in [1.54, 1.807) is 0 Å². The SMILES string of the molecule is CO.O=C(O)F.O=C([O-])F.O=S(=O)([O-])CF.O=S(=O)([O-])CF.[Na+].[Na+].[Na+]. The van der Waals surface area contributed by atoms with E-state index in [4.69, 9.17) is 50.8 Å². The Balaban J connectivity index is -0.0000000242. The van der Waals surface area contributed by atoms with E-state index >= 15 is 0 Å². The zero-order valence-electron chi connectivity index (χ0n) is 13.3. The molecule has 0 aliphatic rings. The predicted octanol–water partition coefficient (Wildman–Crippen LogP) is -10.5. The fourth-order valence-electron chi connectivity index (χ4n) is 0. The van der Waals surface area contributed by atoms with Crippen molar-refractivity contribution in [1.29, 1.82) is 0 Å². The number of carboxylic acid groups (broad SMARTS) is 2. The molecule has 0 aromatic rings. The Morgan fingerprint density at radius 1 is 0.840 bits per heavy atom. The molecule has 0 radical (unpaired) electrons. The summed E-state index contributed by atoms with van der Waals surface area (Å²) in [7, 11) is -8.16. The van der Waals surface area contributed by atoms with E-state index in [0.29, 0.717) is 0 Å². The van der Waals surface area contributed by atoms with Gasteiger partial charge < -0.3 is 29.2 Å². The van der Waals surface area contributed by atoms with Crippen LogP contribution in [0.15, 0.2) is 0 Å². The van der Waals surface area contributed by atoms with Crippen LogP contribution in [-0.4, -0.2) is 67.7 Å². The number of halogens is 4. The van der Waals surface area contributed by atoms with E-state index in [1.807, 2.05) is 0 Å². The van der Waals surface area contributed by atoms with Crippen molar-refractivity contribution in [2.75, 3.05) is 19.1 Å². The molecule has 0 aliphatic carbocycles. The number of alkyl halides is 2. The average molecular weight is 454 g/mol. The molecule has 0 bridgehead atoms. The van der Waals surface area contributed by atoms with Crippen molar-refractivity contribution in [2.45, 2.75) is 0 Å². The second-order valence-electron chi connectivity index (χ2n) is 1.82. The van der Waals surface area contributed by atoms with Gasteiger partial charge in [0.2, 0.25) is 6.22 Å². The van der Waals surface area contributed by atoms with Crippen molar-refractivity contribution in [3.63, 3.8) is 0 Å². The Morgan fingerprint density at radius 2 is 0.880 bits per heavy atom. The van der Waals surface area contributed by atoms with E-state index < -0.39 is 44.7 Å². The van der Waals surface area contributed by atoms with Crippen molar-refractivity contribution in [3.8, 4) is 0 Å². The molecule has 0 spiro atoms. The van der Waals surface area contributed by atoms with Gasteiger partial charge >= 0.3 is 94.9 Å². The van der Waals surface area contributed by atoms with Gasteiger partial charge in [-0.3, -0.25) is 0 Å². The maximum absolute atomic E-state index is 10.6. The van der Waals surface area contributed by atoms with Gasteiger partial charge in [-0.1, -0.05) is 0 Å². The monoisotopic (exact) mass is 454 g/mol. The average Bonchev–Trinajstić information content (AvgIpc) is 2.29. The van der Waals surface area contributed by atoms with Crippen molar-refractivity contribution >= 4 is 32.7 Å². The molecule has 0 unspecified atom stereocenters. The minimum atomic E-state index is -4.58. The molecule has 138 valence electrons. The van der Waals surface area contributed by atoms with Gasteiger partial charge in [-0.05, 0) is 0 Å². The minimum absolute atomic E-state index is 0. The summed E-state index contributed by atoms with van der Waals surface area (Å²) in [4.78, 5) is 16.6. The molecular weight excluding hydrogens is 445 g/mol. The van der Waals surface area contributed by atoms with Crippen molar-refractivity contribution < 1.29 is 157 Å². The summed E-state index contributed by atoms with van der Waals surface area (Å²) in [5.41, 5.74) is 0. The number of aliphatic hydroxyl groups is 1. The number of carbonyl (C=O) groups is 2. The van der Waals surface area contributed by atoms with E-state index in [9.17, 15) is 17.6 Å². The summed E-state index contributed by atoms with van der Waals surface area (Å²) in [6, 6.07) is -3.62. The smallest absolute Gasteiger partial charge is 0.746 e. The van der Waals surface area contributed by atoms with Crippen LogP contribution < -0.4 is 93.8 Å². The number of rotatable bonds is 2. The first-order valence-corrected chi connectivity index (χ1v) is 6.93. The zero-order chi connectivity index (χ0) is 19.6. The minimum Gasteiger partial charge on any atom is -0.746 e. The van der Waals surface area contributed by atoms with Crippen LogP contribution in [0.1, 0.15) is 0 Å². The van der Waals surface area contributed by atoms with Crippen molar-refractivity contribution in [2.24, 2.45) is 0 Å². The molecule has 11 nitrogen and oxygen atoms in total. The van der Waals surface area contributed by atoms with Crippen molar-refractivity contribution in [1.82, 2.24) is 0 Å². The van der Waals surface area contributed by atoms with Gasteiger partial charge in [0.05, 0.1) is 0 Å². The Hall–Kier alpha value is 1.44. The molecule has 25 heavy (non-hydrogen) atoms. The largest absolute Gasteiger partial charge is 1.00 e. The van der Waals surface area contributed by atoms with Crippen LogP contribution >= 0.6 is 0 Å². The third-order valence-electron chi connectivity index (χ3n) is 0.267. The summed E-state index contributed by atoms with van der Waals surface area (Å²) in [6.45, 7) is 0. The summed E-state index contributed by atoms with van der Waals surface area (Å²) in [6.07, 6.45) is -4.92. The molecule has 0 aromatic carbocycles. The van der Waals surface area contributed by atoms with Crippen LogP contribution in [0.5, 0.6) is 0 Å². The van der Waals surface area contributed by atoms with Gasteiger partial charge in [0.15, 0.2) is 12.0 Å². The number of carbonyl (C=O) groups excluding carboxylic acids is 1. The normalized spacial score (nSPS) is 7.84. The molecule has 0 amide bonds. The quantitative estimate of drug-likeness (QED) is 0.173. The Morgan fingerprint density at radius 3 is 0.880 bits per heavy atom. The van der Waals surface area contributed by atoms with Crippen LogP contribution in [-0.2, 0) is 20.2 Å². The number of hydrogen-bond acceptors (Lipinski definition) is 10. The molecule has 0 fully saturated rings. The van der Waals surface area contributed by atoms with E-state index in [2.05, 4.69) is 0 Å². The maximum Gasteiger partial charge on any atom is 1.00 e. The van der Waals surface area contributed by atoms with Gasteiger partial charge in [-0.2, -0.15) is 4.39 Å². The van der Waals surface area contributed by atoms with Crippen LogP contribution in [0.2, 0.25) is 0 Å². The first-order chi connectivity index (χ1) is 9.59. The first kappa shape index (κ1) is 50.3. The van der Waals surface area contributed by atoms with Crippen LogP contribution in [0, 0.1) is 0 Å². The molecule has 20 heteroatoms. The molecule has 0 aliphatic heterocycles. The first-order valence-electron chi connectivity index (χ1n) is 3.77. The van der Waals surface area contributed by atoms with Gasteiger partial charge in [0.1, 0.15) is 20.2 Å². The topological polar surface area (TPSA) is 212 Å². The molecule has 0 heterocycles. The fraction of sp³-hybridized carbons (Fsp3) is 0.600. The second kappa shape index (κ2) is 33.1. The fourth-order valence-corrected chi connectivity index (χ4v) is 0.